The van der Waals surface area contributed by atoms with Crippen molar-refractivity contribution in [1.29, 1.82) is 5.26 Å². The third-order valence-electron chi connectivity index (χ3n) is 6.89. The summed E-state index contributed by atoms with van der Waals surface area (Å²) in [4.78, 5) is 29.7. The van der Waals surface area contributed by atoms with Gasteiger partial charge >= 0.3 is 0 Å². The lowest BCUT2D eigenvalue weighted by Crippen LogP contribution is -2.48. The fourth-order valence-corrected chi connectivity index (χ4v) is 6.41. The number of benzene rings is 2. The maximum atomic E-state index is 13.9. The zero-order chi connectivity index (χ0) is 26.7. The third-order valence-corrected chi connectivity index (χ3v) is 8.41. The highest BCUT2D eigenvalue weighted by molar-refractivity contribution is 7.89. The van der Waals surface area contributed by atoms with Crippen molar-refractivity contribution in [2.45, 2.75) is 43.3 Å². The lowest BCUT2D eigenvalue weighted by molar-refractivity contribution is -0.133. The van der Waals surface area contributed by atoms with Crippen LogP contribution in [0.1, 0.15) is 29.7 Å². The lowest BCUT2D eigenvalue weighted by atomic mass is 10.0. The lowest BCUT2D eigenvalue weighted by Gasteiger charge is -2.27. The second-order valence-corrected chi connectivity index (χ2v) is 10.9. The van der Waals surface area contributed by atoms with Crippen molar-refractivity contribution in [3.8, 4) is 6.07 Å². The standard InChI is InChI=1S/C27H26N6O4S/c28-17-22-5-3-13-32(22)15-11-25(31-38(36,37)26-7-1-6-24-23(26)10-12-29-24)27(34)33-14-2-4-19-8-9-21(30-35)16-20(19)18-33/h1,3,5-10,12-13,16,25,29,31H,2,4,11,14-15,18H2. The van der Waals surface area contributed by atoms with E-state index < -0.39 is 16.1 Å². The Bertz CT molecular complexity index is 1650. The van der Waals surface area contributed by atoms with E-state index in [0.717, 1.165) is 17.5 Å². The van der Waals surface area contributed by atoms with Crippen molar-refractivity contribution in [3.05, 3.63) is 88.7 Å². The normalized spacial score (nSPS) is 14.4. The van der Waals surface area contributed by atoms with Crippen LogP contribution in [0.4, 0.5) is 5.69 Å². The van der Waals surface area contributed by atoms with Gasteiger partial charge in [-0.25, -0.2) is 8.42 Å². The molecule has 0 radical (unpaired) electrons. The quantitative estimate of drug-likeness (QED) is 0.332. The van der Waals surface area contributed by atoms with E-state index in [-0.39, 0.29) is 36.0 Å². The predicted molar refractivity (Wildman–Crippen MR) is 142 cm³/mol. The minimum Gasteiger partial charge on any atom is -0.361 e. The van der Waals surface area contributed by atoms with Crippen molar-refractivity contribution in [2.24, 2.45) is 5.18 Å². The second-order valence-electron chi connectivity index (χ2n) is 9.26. The van der Waals surface area contributed by atoms with E-state index in [1.54, 1.807) is 64.3 Å². The van der Waals surface area contributed by atoms with Gasteiger partial charge in [0, 0.05) is 42.9 Å². The van der Waals surface area contributed by atoms with Crippen LogP contribution in [0.25, 0.3) is 10.9 Å². The highest BCUT2D eigenvalue weighted by Crippen LogP contribution is 2.26. The first-order valence-electron chi connectivity index (χ1n) is 12.3. The highest BCUT2D eigenvalue weighted by atomic mass is 32.2. The molecule has 2 N–H and O–H groups in total. The van der Waals surface area contributed by atoms with Gasteiger partial charge in [0.05, 0.1) is 4.90 Å². The molecule has 0 aliphatic carbocycles. The van der Waals surface area contributed by atoms with E-state index in [1.165, 1.54) is 6.07 Å². The van der Waals surface area contributed by atoms with Gasteiger partial charge in [-0.3, -0.25) is 4.79 Å². The number of H-pyrrole nitrogens is 1. The molecule has 2 aromatic heterocycles. The van der Waals surface area contributed by atoms with E-state index in [0.29, 0.717) is 29.6 Å². The first-order valence-corrected chi connectivity index (χ1v) is 13.8. The molecular formula is C27H26N6O4S. The van der Waals surface area contributed by atoms with Crippen molar-refractivity contribution >= 4 is 32.5 Å². The Hall–Kier alpha value is -4.27. The van der Waals surface area contributed by atoms with Crippen molar-refractivity contribution in [1.82, 2.24) is 19.2 Å². The Balaban J connectivity index is 1.45. The summed E-state index contributed by atoms with van der Waals surface area (Å²) in [5.74, 6) is -0.363. The van der Waals surface area contributed by atoms with Gasteiger partial charge in [0.2, 0.25) is 15.9 Å². The maximum Gasteiger partial charge on any atom is 0.241 e. The maximum absolute atomic E-state index is 13.9. The van der Waals surface area contributed by atoms with Gasteiger partial charge < -0.3 is 14.5 Å². The van der Waals surface area contributed by atoms with Gasteiger partial charge in [0.1, 0.15) is 23.5 Å². The van der Waals surface area contributed by atoms with E-state index in [9.17, 15) is 23.4 Å². The molecule has 11 heteroatoms. The Morgan fingerprint density at radius 3 is 2.84 bits per heavy atom. The zero-order valence-corrected chi connectivity index (χ0v) is 21.3. The fourth-order valence-electron chi connectivity index (χ4n) is 4.97. The van der Waals surface area contributed by atoms with Crippen LogP contribution in [-0.4, -0.2) is 41.4 Å². The topological polar surface area (TPSA) is 140 Å². The number of rotatable bonds is 8. The number of aromatic amines is 1. The molecule has 1 amide bonds. The number of aromatic nitrogens is 2. The van der Waals surface area contributed by atoms with E-state index in [2.05, 4.69) is 21.0 Å². The van der Waals surface area contributed by atoms with Crippen LogP contribution < -0.4 is 4.72 Å². The van der Waals surface area contributed by atoms with Crippen LogP contribution in [0.2, 0.25) is 0 Å². The molecule has 2 aromatic carbocycles. The number of fused-ring (bicyclic) bond motifs is 2. The van der Waals surface area contributed by atoms with Crippen LogP contribution in [-0.2, 0) is 34.3 Å². The van der Waals surface area contributed by atoms with Crippen LogP contribution in [0, 0.1) is 16.2 Å². The molecule has 0 fully saturated rings. The summed E-state index contributed by atoms with van der Waals surface area (Å²) < 4.78 is 31.5. The van der Waals surface area contributed by atoms with Gasteiger partial charge in [0.15, 0.2) is 0 Å². The number of hydrogen-bond donors (Lipinski definition) is 2. The zero-order valence-electron chi connectivity index (χ0n) is 20.5. The molecule has 194 valence electrons. The summed E-state index contributed by atoms with van der Waals surface area (Å²) in [6.07, 6.45) is 4.97. The molecule has 1 atom stereocenters. The molecule has 0 saturated carbocycles. The molecule has 1 unspecified atom stereocenters. The minimum absolute atomic E-state index is 0.0793. The average molecular weight is 531 g/mol. The van der Waals surface area contributed by atoms with E-state index >= 15 is 0 Å². The van der Waals surface area contributed by atoms with E-state index in [4.69, 9.17) is 0 Å². The fraction of sp³-hybridized carbons (Fsp3) is 0.259. The Kier molecular flexibility index (Phi) is 7.09. The smallest absolute Gasteiger partial charge is 0.241 e. The monoisotopic (exact) mass is 530 g/mol. The van der Waals surface area contributed by atoms with Gasteiger partial charge in [-0.05, 0) is 78.0 Å². The van der Waals surface area contributed by atoms with Crippen LogP contribution in [0.15, 0.2) is 77.1 Å². The molecule has 3 heterocycles. The molecule has 1 aliphatic rings. The predicted octanol–water partition coefficient (Wildman–Crippen LogP) is 3.95. The Labute approximate surface area is 219 Å². The molecule has 38 heavy (non-hydrogen) atoms. The van der Waals surface area contributed by atoms with Crippen molar-refractivity contribution in [2.75, 3.05) is 6.54 Å². The molecule has 5 rings (SSSR count). The van der Waals surface area contributed by atoms with E-state index in [1.807, 2.05) is 6.07 Å². The van der Waals surface area contributed by atoms with Crippen LogP contribution in [0.5, 0.6) is 0 Å². The summed E-state index contributed by atoms with van der Waals surface area (Å²) in [5.41, 5.74) is 3.24. The summed E-state index contributed by atoms with van der Waals surface area (Å²) in [5, 5.41) is 12.9. The molecule has 10 nitrogen and oxygen atoms in total. The van der Waals surface area contributed by atoms with Gasteiger partial charge in [-0.15, -0.1) is 4.91 Å². The number of nitrogens with zero attached hydrogens (tertiary/aromatic N) is 4. The number of nitriles is 1. The molecule has 1 aliphatic heterocycles. The minimum atomic E-state index is -4.07. The third kappa shape index (κ3) is 5.09. The number of aryl methyl sites for hydroxylation is 2. The average Bonchev–Trinajstić information content (AvgIpc) is 3.54. The van der Waals surface area contributed by atoms with Gasteiger partial charge in [-0.1, -0.05) is 12.1 Å². The Morgan fingerprint density at radius 2 is 2.03 bits per heavy atom. The first-order chi connectivity index (χ1) is 18.4. The SMILES string of the molecule is N#Cc1cccn1CCC(NS(=O)(=O)c1cccc2[nH]ccc12)C(=O)N1CCCc2ccc(N=O)cc2C1. The molecule has 0 saturated heterocycles. The highest BCUT2D eigenvalue weighted by Gasteiger charge is 2.31. The number of carbonyl (C=O) groups is 1. The molecule has 0 spiro atoms. The number of nitroso groups, excluding NO2 is 1. The molecular weight excluding hydrogens is 504 g/mol. The number of nitrogens with one attached hydrogen (secondary N) is 2. The van der Waals surface area contributed by atoms with Crippen molar-refractivity contribution in [3.63, 3.8) is 0 Å². The Morgan fingerprint density at radius 1 is 1.16 bits per heavy atom. The summed E-state index contributed by atoms with van der Waals surface area (Å²) >= 11 is 0. The number of hydrogen-bond acceptors (Lipinski definition) is 6. The molecule has 4 aromatic rings. The van der Waals surface area contributed by atoms with Crippen LogP contribution in [0.3, 0.4) is 0 Å². The summed E-state index contributed by atoms with van der Waals surface area (Å²) in [6, 6.07) is 16.2. The first kappa shape index (κ1) is 25.4. The van der Waals surface area contributed by atoms with Gasteiger partial charge in [0.25, 0.3) is 0 Å². The van der Waals surface area contributed by atoms with Crippen molar-refractivity contribution < 1.29 is 13.2 Å². The summed E-state index contributed by atoms with van der Waals surface area (Å²) in [7, 11) is -4.07. The summed E-state index contributed by atoms with van der Waals surface area (Å²) in [6.45, 7) is 0.957. The number of sulfonamides is 1. The second kappa shape index (κ2) is 10.6. The number of carbonyl (C=O) groups excluding carboxylic acids is 1. The number of amides is 1. The largest absolute Gasteiger partial charge is 0.361 e. The van der Waals surface area contributed by atoms with Gasteiger partial charge in [-0.2, -0.15) is 9.98 Å². The van der Waals surface area contributed by atoms with Crippen LogP contribution >= 0.6 is 0 Å². The molecule has 0 bridgehead atoms.